The predicted molar refractivity (Wildman–Crippen MR) is 117 cm³/mol. The third kappa shape index (κ3) is 4.30. The molecule has 3 aromatic rings. The van der Waals surface area contributed by atoms with Crippen LogP contribution < -0.4 is 10.1 Å². The molecule has 2 atom stereocenters. The van der Waals surface area contributed by atoms with Crippen LogP contribution in [0.15, 0.2) is 66.7 Å². The molecule has 166 valence electrons. The van der Waals surface area contributed by atoms with Gasteiger partial charge >= 0.3 is 6.09 Å². The second-order valence-corrected chi connectivity index (χ2v) is 7.61. The number of methoxy groups -OCH3 is 1. The number of hydrogen-bond acceptors (Lipinski definition) is 5. The lowest BCUT2D eigenvalue weighted by molar-refractivity contribution is 0.0184. The molecule has 7 heteroatoms. The SMILES string of the molecule is COc1cc(C(O)C(O)CNC(=O)OCC2c3ccccc3-c3ccccc32)ccc1F. The number of aliphatic hydroxyl groups is 2. The second-order valence-electron chi connectivity index (χ2n) is 7.61. The van der Waals surface area contributed by atoms with Crippen LogP contribution in [-0.4, -0.2) is 42.7 Å². The van der Waals surface area contributed by atoms with Gasteiger partial charge < -0.3 is 25.0 Å². The number of carbonyl (C=O) groups excluding carboxylic acids is 1. The van der Waals surface area contributed by atoms with E-state index in [4.69, 9.17) is 9.47 Å². The van der Waals surface area contributed by atoms with E-state index in [1.807, 2.05) is 36.4 Å². The topological polar surface area (TPSA) is 88.0 Å². The Bertz CT molecular complexity index is 1070. The number of nitrogens with one attached hydrogen (secondary N) is 1. The molecule has 0 radical (unpaired) electrons. The molecule has 0 aromatic heterocycles. The van der Waals surface area contributed by atoms with Gasteiger partial charge in [-0.1, -0.05) is 54.6 Å². The number of rotatable bonds is 7. The number of carbonyl (C=O) groups is 1. The summed E-state index contributed by atoms with van der Waals surface area (Å²) in [7, 11) is 1.31. The lowest BCUT2D eigenvalue weighted by atomic mass is 9.98. The highest BCUT2D eigenvalue weighted by atomic mass is 19.1. The molecule has 0 spiro atoms. The van der Waals surface area contributed by atoms with Crippen LogP contribution in [0.25, 0.3) is 11.1 Å². The molecule has 0 aliphatic heterocycles. The smallest absolute Gasteiger partial charge is 0.407 e. The van der Waals surface area contributed by atoms with E-state index in [1.165, 1.54) is 19.2 Å². The van der Waals surface area contributed by atoms with Gasteiger partial charge in [-0.15, -0.1) is 0 Å². The van der Waals surface area contributed by atoms with Crippen molar-refractivity contribution in [2.45, 2.75) is 18.1 Å². The van der Waals surface area contributed by atoms with E-state index in [0.29, 0.717) is 0 Å². The van der Waals surface area contributed by atoms with Crippen LogP contribution in [0.4, 0.5) is 9.18 Å². The van der Waals surface area contributed by atoms with Gasteiger partial charge in [-0.25, -0.2) is 9.18 Å². The van der Waals surface area contributed by atoms with Crippen molar-refractivity contribution in [1.29, 1.82) is 0 Å². The van der Waals surface area contributed by atoms with Crippen molar-refractivity contribution < 1.29 is 28.9 Å². The summed E-state index contributed by atoms with van der Waals surface area (Å²) in [6, 6.07) is 19.8. The molecule has 1 amide bonds. The molecule has 0 bridgehead atoms. The third-order valence-corrected chi connectivity index (χ3v) is 5.68. The first-order valence-electron chi connectivity index (χ1n) is 10.3. The van der Waals surface area contributed by atoms with Crippen LogP contribution in [0.5, 0.6) is 5.75 Å². The minimum absolute atomic E-state index is 0.0433. The maximum Gasteiger partial charge on any atom is 0.407 e. The maximum atomic E-state index is 13.5. The highest BCUT2D eigenvalue weighted by Gasteiger charge is 2.29. The van der Waals surface area contributed by atoms with Crippen molar-refractivity contribution in [2.75, 3.05) is 20.3 Å². The van der Waals surface area contributed by atoms with Crippen molar-refractivity contribution in [2.24, 2.45) is 0 Å². The van der Waals surface area contributed by atoms with Gasteiger partial charge in [-0.3, -0.25) is 0 Å². The number of hydrogen-bond donors (Lipinski definition) is 3. The van der Waals surface area contributed by atoms with E-state index in [-0.39, 0.29) is 30.4 Å². The summed E-state index contributed by atoms with van der Waals surface area (Å²) >= 11 is 0. The molecule has 0 heterocycles. The lowest BCUT2D eigenvalue weighted by Crippen LogP contribution is -2.36. The number of ether oxygens (including phenoxy) is 2. The summed E-state index contributed by atoms with van der Waals surface area (Å²) in [6.07, 6.45) is -3.35. The van der Waals surface area contributed by atoms with Crippen LogP contribution in [0.3, 0.4) is 0 Å². The molecule has 1 aliphatic rings. The molecule has 1 aliphatic carbocycles. The normalized spacial score (nSPS) is 14.2. The molecular formula is C25H24FNO5. The quantitative estimate of drug-likeness (QED) is 0.524. The van der Waals surface area contributed by atoms with Crippen LogP contribution in [0, 0.1) is 5.82 Å². The highest BCUT2D eigenvalue weighted by Crippen LogP contribution is 2.44. The number of alkyl carbamates (subject to hydrolysis) is 1. The number of halogens is 1. The Morgan fingerprint density at radius 1 is 1.03 bits per heavy atom. The minimum Gasteiger partial charge on any atom is -0.494 e. The summed E-state index contributed by atoms with van der Waals surface area (Å²) in [6.45, 7) is -0.0921. The molecule has 0 saturated carbocycles. The zero-order valence-corrected chi connectivity index (χ0v) is 17.5. The Morgan fingerprint density at radius 3 is 2.28 bits per heavy atom. The van der Waals surface area contributed by atoms with Gasteiger partial charge in [0.05, 0.1) is 7.11 Å². The van der Waals surface area contributed by atoms with Crippen molar-refractivity contribution in [3.63, 3.8) is 0 Å². The number of benzene rings is 3. The average molecular weight is 437 g/mol. The summed E-state index contributed by atoms with van der Waals surface area (Å²) in [5, 5.41) is 23.0. The van der Waals surface area contributed by atoms with Crippen molar-refractivity contribution in [3.05, 3.63) is 89.2 Å². The van der Waals surface area contributed by atoms with Gasteiger partial charge in [0.25, 0.3) is 0 Å². The Morgan fingerprint density at radius 2 is 1.66 bits per heavy atom. The Hall–Kier alpha value is -3.42. The summed E-state index contributed by atoms with van der Waals surface area (Å²) in [5.41, 5.74) is 4.73. The van der Waals surface area contributed by atoms with E-state index in [2.05, 4.69) is 17.4 Å². The maximum absolute atomic E-state index is 13.5. The zero-order chi connectivity index (χ0) is 22.7. The molecule has 3 N–H and O–H groups in total. The predicted octanol–water partition coefficient (Wildman–Crippen LogP) is 3.77. The van der Waals surface area contributed by atoms with Crippen LogP contribution in [-0.2, 0) is 4.74 Å². The van der Waals surface area contributed by atoms with E-state index >= 15 is 0 Å². The fourth-order valence-electron chi connectivity index (χ4n) is 4.03. The summed E-state index contributed by atoms with van der Waals surface area (Å²) < 4.78 is 23.8. The van der Waals surface area contributed by atoms with E-state index in [0.717, 1.165) is 28.3 Å². The largest absolute Gasteiger partial charge is 0.494 e. The molecule has 4 rings (SSSR count). The average Bonchev–Trinajstić information content (AvgIpc) is 3.14. The number of fused-ring (bicyclic) bond motifs is 3. The first-order chi connectivity index (χ1) is 15.5. The third-order valence-electron chi connectivity index (χ3n) is 5.68. The second kappa shape index (κ2) is 9.38. The van der Waals surface area contributed by atoms with Crippen molar-refractivity contribution in [1.82, 2.24) is 5.32 Å². The van der Waals surface area contributed by atoms with Gasteiger partial charge in [-0.2, -0.15) is 0 Å². The summed E-state index contributed by atoms with van der Waals surface area (Å²) in [5.74, 6) is -0.691. The monoisotopic (exact) mass is 437 g/mol. The zero-order valence-electron chi connectivity index (χ0n) is 17.5. The molecular weight excluding hydrogens is 413 g/mol. The van der Waals surface area contributed by atoms with Crippen molar-refractivity contribution >= 4 is 6.09 Å². The van der Waals surface area contributed by atoms with Crippen LogP contribution in [0.2, 0.25) is 0 Å². The Labute approximate surface area is 185 Å². The molecule has 0 fully saturated rings. The molecule has 2 unspecified atom stereocenters. The van der Waals surface area contributed by atoms with Crippen LogP contribution >= 0.6 is 0 Å². The molecule has 32 heavy (non-hydrogen) atoms. The number of amides is 1. The van der Waals surface area contributed by atoms with Gasteiger partial charge in [0, 0.05) is 12.5 Å². The number of aliphatic hydroxyl groups excluding tert-OH is 2. The Balaban J connectivity index is 1.34. The Kier molecular flexibility index (Phi) is 6.39. The first kappa shape index (κ1) is 21.8. The van der Waals surface area contributed by atoms with Gasteiger partial charge in [0.15, 0.2) is 11.6 Å². The molecule has 0 saturated heterocycles. The lowest BCUT2D eigenvalue weighted by Gasteiger charge is -2.20. The van der Waals surface area contributed by atoms with E-state index in [9.17, 15) is 19.4 Å². The molecule has 6 nitrogen and oxygen atoms in total. The molecule has 3 aromatic carbocycles. The highest BCUT2D eigenvalue weighted by molar-refractivity contribution is 5.79. The van der Waals surface area contributed by atoms with Gasteiger partial charge in [0.1, 0.15) is 18.8 Å². The van der Waals surface area contributed by atoms with Crippen molar-refractivity contribution in [3.8, 4) is 16.9 Å². The fraction of sp³-hybridized carbons (Fsp3) is 0.240. The summed E-state index contributed by atoms with van der Waals surface area (Å²) in [4.78, 5) is 12.2. The van der Waals surface area contributed by atoms with E-state index < -0.39 is 24.1 Å². The first-order valence-corrected chi connectivity index (χ1v) is 10.3. The van der Waals surface area contributed by atoms with Gasteiger partial charge in [-0.05, 0) is 39.9 Å². The van der Waals surface area contributed by atoms with Crippen LogP contribution in [0.1, 0.15) is 28.7 Å². The minimum atomic E-state index is -1.33. The van der Waals surface area contributed by atoms with Gasteiger partial charge in [0.2, 0.25) is 0 Å². The fourth-order valence-corrected chi connectivity index (χ4v) is 4.03. The van der Waals surface area contributed by atoms with E-state index in [1.54, 1.807) is 0 Å². The standard InChI is InChI=1S/C25H24FNO5/c1-31-23-12-15(10-11-21(23)26)24(29)22(28)13-27-25(30)32-14-20-18-8-4-2-6-16(18)17-7-3-5-9-19(17)20/h2-12,20,22,24,28-29H,13-14H2,1H3,(H,27,30).